The standard InChI is InChI=1S/C21H26N6O2/c1-14(2)20-24-23-18-9-10-19(25-27(18)20)26-11-5-6-15(13-26)21(28)22-16-7-4-8-17(12-16)29-3/h4,7-10,12,14-15H,5-6,11,13H2,1-3H3,(H,22,28). The highest BCUT2D eigenvalue weighted by Gasteiger charge is 2.27. The Hall–Kier alpha value is -3.16. The summed E-state index contributed by atoms with van der Waals surface area (Å²) in [7, 11) is 1.62. The number of carbonyl (C=O) groups excluding carboxylic acids is 1. The van der Waals surface area contributed by atoms with Crippen molar-refractivity contribution in [1.82, 2.24) is 19.8 Å². The van der Waals surface area contributed by atoms with Crippen LogP contribution in [0.2, 0.25) is 0 Å². The lowest BCUT2D eigenvalue weighted by molar-refractivity contribution is -0.120. The molecule has 152 valence electrons. The number of rotatable bonds is 5. The van der Waals surface area contributed by atoms with Gasteiger partial charge in [0, 0.05) is 30.8 Å². The molecule has 8 heteroatoms. The van der Waals surface area contributed by atoms with Crippen LogP contribution < -0.4 is 15.0 Å². The molecule has 0 spiro atoms. The number of ether oxygens (including phenoxy) is 1. The number of aromatic nitrogens is 4. The number of nitrogens with one attached hydrogen (secondary N) is 1. The van der Waals surface area contributed by atoms with E-state index in [1.807, 2.05) is 36.4 Å². The molecule has 1 aliphatic rings. The van der Waals surface area contributed by atoms with Gasteiger partial charge in [0.2, 0.25) is 5.91 Å². The Labute approximate surface area is 169 Å². The fourth-order valence-corrected chi connectivity index (χ4v) is 3.67. The quantitative estimate of drug-likeness (QED) is 0.716. The molecule has 29 heavy (non-hydrogen) atoms. The van der Waals surface area contributed by atoms with Crippen molar-refractivity contribution in [1.29, 1.82) is 0 Å². The molecule has 8 nitrogen and oxygen atoms in total. The fourth-order valence-electron chi connectivity index (χ4n) is 3.67. The van der Waals surface area contributed by atoms with E-state index in [1.165, 1.54) is 0 Å². The second-order valence-corrected chi connectivity index (χ2v) is 7.68. The molecule has 1 fully saturated rings. The zero-order valence-electron chi connectivity index (χ0n) is 17.0. The van der Waals surface area contributed by atoms with E-state index >= 15 is 0 Å². The first-order valence-electron chi connectivity index (χ1n) is 9.97. The summed E-state index contributed by atoms with van der Waals surface area (Å²) in [6.45, 7) is 5.66. The molecule has 1 aliphatic heterocycles. The lowest BCUT2D eigenvalue weighted by Gasteiger charge is -2.32. The third-order valence-corrected chi connectivity index (χ3v) is 5.24. The summed E-state index contributed by atoms with van der Waals surface area (Å²) in [5, 5.41) is 16.2. The van der Waals surface area contributed by atoms with Crippen LogP contribution in [0.5, 0.6) is 5.75 Å². The largest absolute Gasteiger partial charge is 0.497 e. The molecule has 3 heterocycles. The van der Waals surface area contributed by atoms with Gasteiger partial charge in [0.05, 0.1) is 13.0 Å². The Kier molecular flexibility index (Phi) is 5.33. The van der Waals surface area contributed by atoms with E-state index < -0.39 is 0 Å². The lowest BCUT2D eigenvalue weighted by atomic mass is 9.97. The maximum absolute atomic E-state index is 12.8. The van der Waals surface area contributed by atoms with Gasteiger partial charge >= 0.3 is 0 Å². The van der Waals surface area contributed by atoms with Crippen LogP contribution in [0.1, 0.15) is 38.4 Å². The molecule has 1 N–H and O–H groups in total. The molecule has 1 saturated heterocycles. The van der Waals surface area contributed by atoms with Crippen LogP contribution in [-0.2, 0) is 4.79 Å². The highest BCUT2D eigenvalue weighted by atomic mass is 16.5. The van der Waals surface area contributed by atoms with Gasteiger partial charge in [-0.05, 0) is 37.1 Å². The molecule has 0 saturated carbocycles. The average Bonchev–Trinajstić information content (AvgIpc) is 3.17. The smallest absolute Gasteiger partial charge is 0.229 e. The van der Waals surface area contributed by atoms with Gasteiger partial charge in [-0.1, -0.05) is 19.9 Å². The van der Waals surface area contributed by atoms with Crippen molar-refractivity contribution in [2.45, 2.75) is 32.6 Å². The van der Waals surface area contributed by atoms with Crippen molar-refractivity contribution in [2.24, 2.45) is 5.92 Å². The second kappa shape index (κ2) is 8.06. The van der Waals surface area contributed by atoms with Gasteiger partial charge in [-0.25, -0.2) is 0 Å². The molecule has 4 rings (SSSR count). The monoisotopic (exact) mass is 394 g/mol. The Morgan fingerprint density at radius 3 is 2.90 bits per heavy atom. The number of nitrogens with zero attached hydrogens (tertiary/aromatic N) is 5. The zero-order valence-corrected chi connectivity index (χ0v) is 17.0. The molecule has 1 amide bonds. The Morgan fingerprint density at radius 2 is 2.10 bits per heavy atom. The maximum Gasteiger partial charge on any atom is 0.229 e. The molecule has 0 aliphatic carbocycles. The van der Waals surface area contributed by atoms with Crippen LogP contribution in [0.15, 0.2) is 36.4 Å². The SMILES string of the molecule is COc1cccc(NC(=O)C2CCCN(c3ccc4nnc(C(C)C)n4n3)C2)c1. The molecular formula is C21H26N6O2. The summed E-state index contributed by atoms with van der Waals surface area (Å²) < 4.78 is 7.04. The lowest BCUT2D eigenvalue weighted by Crippen LogP contribution is -2.41. The first kappa shape index (κ1) is 19.2. The highest BCUT2D eigenvalue weighted by Crippen LogP contribution is 2.25. The van der Waals surface area contributed by atoms with Gasteiger partial charge in [0.15, 0.2) is 11.5 Å². The Morgan fingerprint density at radius 1 is 1.24 bits per heavy atom. The first-order valence-corrected chi connectivity index (χ1v) is 9.97. The summed E-state index contributed by atoms with van der Waals surface area (Å²) in [6.07, 6.45) is 1.80. The van der Waals surface area contributed by atoms with E-state index in [-0.39, 0.29) is 17.7 Å². The van der Waals surface area contributed by atoms with Crippen LogP contribution in [0.4, 0.5) is 11.5 Å². The number of hydrogen-bond donors (Lipinski definition) is 1. The summed E-state index contributed by atoms with van der Waals surface area (Å²) in [5.41, 5.74) is 1.49. The topological polar surface area (TPSA) is 84.6 Å². The predicted molar refractivity (Wildman–Crippen MR) is 111 cm³/mol. The second-order valence-electron chi connectivity index (χ2n) is 7.68. The minimum atomic E-state index is -0.0991. The Balaban J connectivity index is 1.49. The predicted octanol–water partition coefficient (Wildman–Crippen LogP) is 3.11. The maximum atomic E-state index is 12.8. The van der Waals surface area contributed by atoms with Gasteiger partial charge in [-0.3, -0.25) is 4.79 Å². The molecule has 1 unspecified atom stereocenters. The van der Waals surface area contributed by atoms with E-state index in [2.05, 4.69) is 34.3 Å². The third-order valence-electron chi connectivity index (χ3n) is 5.24. The van der Waals surface area contributed by atoms with Gasteiger partial charge < -0.3 is 15.0 Å². The summed E-state index contributed by atoms with van der Waals surface area (Å²) in [6, 6.07) is 11.3. The zero-order chi connectivity index (χ0) is 20.4. The van der Waals surface area contributed by atoms with Crippen LogP contribution >= 0.6 is 0 Å². The number of anilines is 2. The molecule has 0 bridgehead atoms. The number of fused-ring (bicyclic) bond motifs is 1. The summed E-state index contributed by atoms with van der Waals surface area (Å²) >= 11 is 0. The molecule has 2 aromatic heterocycles. The van der Waals surface area contributed by atoms with Gasteiger partial charge in [0.25, 0.3) is 0 Å². The van der Waals surface area contributed by atoms with Crippen LogP contribution in [-0.4, -0.2) is 45.9 Å². The van der Waals surface area contributed by atoms with E-state index in [4.69, 9.17) is 9.84 Å². The molecule has 0 radical (unpaired) electrons. The average molecular weight is 394 g/mol. The van der Waals surface area contributed by atoms with Crippen LogP contribution in [0, 0.1) is 5.92 Å². The number of benzene rings is 1. The molecule has 1 aromatic carbocycles. The summed E-state index contributed by atoms with van der Waals surface area (Å²) in [4.78, 5) is 15.0. The number of hydrogen-bond acceptors (Lipinski definition) is 6. The minimum absolute atomic E-state index is 0.0243. The Bertz CT molecular complexity index is 1020. The van der Waals surface area contributed by atoms with Crippen molar-refractivity contribution in [3.8, 4) is 5.75 Å². The van der Waals surface area contributed by atoms with Gasteiger partial charge in [-0.15, -0.1) is 15.3 Å². The molecular weight excluding hydrogens is 368 g/mol. The van der Waals surface area contributed by atoms with Crippen molar-refractivity contribution in [3.63, 3.8) is 0 Å². The van der Waals surface area contributed by atoms with Crippen LogP contribution in [0.3, 0.4) is 0 Å². The van der Waals surface area contributed by atoms with Crippen LogP contribution in [0.25, 0.3) is 5.65 Å². The summed E-state index contributed by atoms with van der Waals surface area (Å²) in [5.74, 6) is 2.56. The number of amides is 1. The molecule has 1 atom stereocenters. The van der Waals surface area contributed by atoms with Gasteiger partial charge in [-0.2, -0.15) is 4.52 Å². The normalized spacial score (nSPS) is 17.0. The van der Waals surface area contributed by atoms with Crippen molar-refractivity contribution in [2.75, 3.05) is 30.4 Å². The van der Waals surface area contributed by atoms with Crippen molar-refractivity contribution in [3.05, 3.63) is 42.2 Å². The van der Waals surface area contributed by atoms with E-state index in [9.17, 15) is 4.79 Å². The van der Waals surface area contributed by atoms with Crippen molar-refractivity contribution < 1.29 is 9.53 Å². The van der Waals surface area contributed by atoms with Gasteiger partial charge in [0.1, 0.15) is 11.6 Å². The highest BCUT2D eigenvalue weighted by molar-refractivity contribution is 5.93. The number of methoxy groups -OCH3 is 1. The van der Waals surface area contributed by atoms with E-state index in [0.717, 1.165) is 48.1 Å². The fraction of sp³-hybridized carbons (Fsp3) is 0.429. The van der Waals surface area contributed by atoms with E-state index in [0.29, 0.717) is 6.54 Å². The minimum Gasteiger partial charge on any atom is -0.497 e. The first-order chi connectivity index (χ1) is 14.0. The number of carbonyl (C=O) groups is 1. The molecule has 3 aromatic rings. The number of piperidine rings is 1. The van der Waals surface area contributed by atoms with Crippen molar-refractivity contribution >= 4 is 23.1 Å². The third kappa shape index (κ3) is 4.01. The van der Waals surface area contributed by atoms with E-state index in [1.54, 1.807) is 11.6 Å².